The van der Waals surface area contributed by atoms with E-state index in [0.717, 1.165) is 25.9 Å². The van der Waals surface area contributed by atoms with Gasteiger partial charge in [0.2, 0.25) is 0 Å². The number of hydrogen-bond acceptors (Lipinski definition) is 4. The minimum absolute atomic E-state index is 0.349. The number of rotatable bonds is 3. The third-order valence-electron chi connectivity index (χ3n) is 2.80. The Labute approximate surface area is 113 Å². The van der Waals surface area contributed by atoms with Crippen molar-refractivity contribution >= 4 is 17.6 Å². The van der Waals surface area contributed by atoms with E-state index in [2.05, 4.69) is 15.0 Å². The molecule has 0 aliphatic carbocycles. The van der Waals surface area contributed by atoms with Gasteiger partial charge in [0.05, 0.1) is 5.69 Å². The molecule has 20 heavy (non-hydrogen) atoms. The SMILES string of the molecule is O=C(Nc1cccnc1N1CCCC1)OCC(F)(F)F. The zero-order valence-corrected chi connectivity index (χ0v) is 10.6. The van der Waals surface area contributed by atoms with Crippen molar-refractivity contribution in [2.24, 2.45) is 0 Å². The summed E-state index contributed by atoms with van der Waals surface area (Å²) in [4.78, 5) is 17.5. The Morgan fingerprint density at radius 2 is 2.10 bits per heavy atom. The summed E-state index contributed by atoms with van der Waals surface area (Å²) in [6, 6.07) is 3.18. The average molecular weight is 289 g/mol. The van der Waals surface area contributed by atoms with Crippen molar-refractivity contribution in [2.45, 2.75) is 19.0 Å². The van der Waals surface area contributed by atoms with Crippen LogP contribution >= 0.6 is 0 Å². The van der Waals surface area contributed by atoms with Crippen molar-refractivity contribution in [3.63, 3.8) is 0 Å². The molecule has 0 atom stereocenters. The lowest BCUT2D eigenvalue weighted by atomic mass is 10.3. The first-order valence-corrected chi connectivity index (χ1v) is 6.16. The summed E-state index contributed by atoms with van der Waals surface area (Å²) in [5.41, 5.74) is 0.349. The zero-order valence-electron chi connectivity index (χ0n) is 10.6. The first-order valence-electron chi connectivity index (χ1n) is 6.16. The lowest BCUT2D eigenvalue weighted by Crippen LogP contribution is -2.25. The van der Waals surface area contributed by atoms with Crippen LogP contribution in [0, 0.1) is 0 Å². The first-order chi connectivity index (χ1) is 9.46. The van der Waals surface area contributed by atoms with Crippen LogP contribution in [0.1, 0.15) is 12.8 Å². The third-order valence-corrected chi connectivity index (χ3v) is 2.80. The molecule has 1 fully saturated rings. The van der Waals surface area contributed by atoms with E-state index in [1.54, 1.807) is 18.3 Å². The van der Waals surface area contributed by atoms with Crippen molar-refractivity contribution in [1.29, 1.82) is 0 Å². The van der Waals surface area contributed by atoms with Gasteiger partial charge in [-0.05, 0) is 25.0 Å². The van der Waals surface area contributed by atoms with E-state index in [1.165, 1.54) is 0 Å². The van der Waals surface area contributed by atoms with Gasteiger partial charge in [0.15, 0.2) is 12.4 Å². The molecule has 0 spiro atoms. The van der Waals surface area contributed by atoms with E-state index in [-0.39, 0.29) is 0 Å². The van der Waals surface area contributed by atoms with Crippen LogP contribution in [0.4, 0.5) is 29.5 Å². The number of carbonyl (C=O) groups excluding carboxylic acids is 1. The van der Waals surface area contributed by atoms with Crippen molar-refractivity contribution in [2.75, 3.05) is 29.9 Å². The number of aromatic nitrogens is 1. The van der Waals surface area contributed by atoms with Crippen molar-refractivity contribution < 1.29 is 22.7 Å². The van der Waals surface area contributed by atoms with E-state index in [0.29, 0.717) is 11.5 Å². The summed E-state index contributed by atoms with van der Waals surface area (Å²) in [6.45, 7) is 0.00469. The molecule has 1 aliphatic rings. The van der Waals surface area contributed by atoms with Gasteiger partial charge in [-0.1, -0.05) is 0 Å². The highest BCUT2D eigenvalue weighted by molar-refractivity contribution is 5.88. The van der Waals surface area contributed by atoms with Crippen molar-refractivity contribution in [1.82, 2.24) is 4.98 Å². The molecule has 1 aromatic heterocycles. The summed E-state index contributed by atoms with van der Waals surface area (Å²) in [5.74, 6) is 0.550. The number of alkyl halides is 3. The van der Waals surface area contributed by atoms with E-state index >= 15 is 0 Å². The Morgan fingerprint density at radius 1 is 1.40 bits per heavy atom. The lowest BCUT2D eigenvalue weighted by Gasteiger charge is -2.19. The number of pyridine rings is 1. The maximum absolute atomic E-state index is 12.0. The summed E-state index contributed by atoms with van der Waals surface area (Å²) in [6.07, 6.45) is -2.07. The summed E-state index contributed by atoms with van der Waals surface area (Å²) < 4.78 is 40.0. The molecule has 0 bridgehead atoms. The molecular formula is C12H14F3N3O2. The van der Waals surface area contributed by atoms with Gasteiger partial charge in [0.1, 0.15) is 0 Å². The second-order valence-corrected chi connectivity index (χ2v) is 4.39. The minimum Gasteiger partial charge on any atom is -0.440 e. The number of carbonyl (C=O) groups is 1. The Balaban J connectivity index is 2.00. The number of anilines is 2. The molecule has 0 saturated carbocycles. The van der Waals surface area contributed by atoms with Crippen LogP contribution in [-0.4, -0.2) is 36.9 Å². The highest BCUT2D eigenvalue weighted by atomic mass is 19.4. The van der Waals surface area contributed by atoms with E-state index < -0.39 is 18.9 Å². The standard InChI is InChI=1S/C12H14F3N3O2/c13-12(14,15)8-20-11(19)17-9-4-3-5-16-10(9)18-6-1-2-7-18/h3-5H,1-2,6-8H2,(H,17,19). The Bertz CT molecular complexity index is 473. The fraction of sp³-hybridized carbons (Fsp3) is 0.500. The molecule has 110 valence electrons. The van der Waals surface area contributed by atoms with Crippen LogP contribution in [-0.2, 0) is 4.74 Å². The summed E-state index contributed by atoms with van der Waals surface area (Å²) >= 11 is 0. The largest absolute Gasteiger partial charge is 0.440 e. The molecule has 1 aliphatic heterocycles. The van der Waals surface area contributed by atoms with Crippen LogP contribution in [0.25, 0.3) is 0 Å². The van der Waals surface area contributed by atoms with Crippen molar-refractivity contribution in [3.05, 3.63) is 18.3 Å². The number of amides is 1. The summed E-state index contributed by atoms with van der Waals surface area (Å²) in [7, 11) is 0. The number of nitrogens with zero attached hydrogens (tertiary/aromatic N) is 2. The van der Waals surface area contributed by atoms with Gasteiger partial charge in [-0.15, -0.1) is 0 Å². The predicted octanol–water partition coefficient (Wildman–Crippen LogP) is 2.79. The van der Waals surface area contributed by atoms with Crippen LogP contribution in [0.2, 0.25) is 0 Å². The number of hydrogen-bond donors (Lipinski definition) is 1. The quantitative estimate of drug-likeness (QED) is 0.929. The smallest absolute Gasteiger partial charge is 0.422 e. The highest BCUT2D eigenvalue weighted by Crippen LogP contribution is 2.26. The normalized spacial score (nSPS) is 15.2. The molecule has 5 nitrogen and oxygen atoms in total. The van der Waals surface area contributed by atoms with Gasteiger partial charge >= 0.3 is 12.3 Å². The number of ether oxygens (including phenoxy) is 1. The van der Waals surface area contributed by atoms with Crippen LogP contribution in [0.3, 0.4) is 0 Å². The topological polar surface area (TPSA) is 54.5 Å². The lowest BCUT2D eigenvalue weighted by molar-refractivity contribution is -0.159. The van der Waals surface area contributed by atoms with Crippen LogP contribution in [0.15, 0.2) is 18.3 Å². The van der Waals surface area contributed by atoms with Crippen molar-refractivity contribution in [3.8, 4) is 0 Å². The Morgan fingerprint density at radius 3 is 2.75 bits per heavy atom. The number of nitrogens with one attached hydrogen (secondary N) is 1. The Hall–Kier alpha value is -1.99. The third kappa shape index (κ3) is 4.01. The van der Waals surface area contributed by atoms with E-state index in [4.69, 9.17) is 0 Å². The van der Waals surface area contributed by atoms with Gasteiger partial charge in [0.25, 0.3) is 0 Å². The molecular weight excluding hydrogens is 275 g/mol. The molecule has 2 rings (SSSR count). The first kappa shape index (κ1) is 14.4. The number of halogens is 3. The molecule has 1 amide bonds. The molecule has 0 radical (unpaired) electrons. The Kier molecular flexibility index (Phi) is 4.31. The van der Waals surface area contributed by atoms with Crippen LogP contribution < -0.4 is 10.2 Å². The van der Waals surface area contributed by atoms with E-state index in [9.17, 15) is 18.0 Å². The van der Waals surface area contributed by atoms with Crippen LogP contribution in [0.5, 0.6) is 0 Å². The van der Waals surface area contributed by atoms with Gasteiger partial charge in [0, 0.05) is 19.3 Å². The molecule has 1 saturated heterocycles. The second kappa shape index (κ2) is 5.98. The molecule has 8 heteroatoms. The average Bonchev–Trinajstić information content (AvgIpc) is 2.90. The second-order valence-electron chi connectivity index (χ2n) is 4.39. The molecule has 1 aromatic rings. The zero-order chi connectivity index (χ0) is 14.6. The van der Waals surface area contributed by atoms with E-state index in [1.807, 2.05) is 4.90 Å². The highest BCUT2D eigenvalue weighted by Gasteiger charge is 2.29. The van der Waals surface area contributed by atoms with Gasteiger partial charge < -0.3 is 9.64 Å². The molecule has 1 N–H and O–H groups in total. The maximum Gasteiger partial charge on any atom is 0.422 e. The predicted molar refractivity (Wildman–Crippen MR) is 66.7 cm³/mol. The van der Waals surface area contributed by atoms with Gasteiger partial charge in [-0.2, -0.15) is 13.2 Å². The molecule has 0 aromatic carbocycles. The minimum atomic E-state index is -4.54. The molecule has 2 heterocycles. The maximum atomic E-state index is 12.0. The van der Waals surface area contributed by atoms with Gasteiger partial charge in [-0.3, -0.25) is 5.32 Å². The fourth-order valence-corrected chi connectivity index (χ4v) is 1.97. The monoisotopic (exact) mass is 289 g/mol. The molecule has 0 unspecified atom stereocenters. The fourth-order valence-electron chi connectivity index (χ4n) is 1.97. The summed E-state index contributed by atoms with van der Waals surface area (Å²) in [5, 5.41) is 2.29. The van der Waals surface area contributed by atoms with Gasteiger partial charge in [-0.25, -0.2) is 9.78 Å².